The van der Waals surface area contributed by atoms with Crippen LogP contribution in [-0.2, 0) is 10.8 Å². The van der Waals surface area contributed by atoms with E-state index in [9.17, 15) is 13.0 Å². The molecule has 0 spiro atoms. The van der Waals surface area contributed by atoms with E-state index in [4.69, 9.17) is 5.73 Å². The Morgan fingerprint density at radius 3 is 2.79 bits per heavy atom. The van der Waals surface area contributed by atoms with Crippen LogP contribution in [-0.4, -0.2) is 15.5 Å². The number of hydrogen-bond acceptors (Lipinski definition) is 2. The van der Waals surface area contributed by atoms with E-state index in [-0.39, 0.29) is 16.2 Å². The molecule has 0 aromatic heterocycles. The van der Waals surface area contributed by atoms with Gasteiger partial charge in [-0.1, -0.05) is 13.3 Å². The van der Waals surface area contributed by atoms with Gasteiger partial charge < -0.3 is 5.73 Å². The third-order valence-electron chi connectivity index (χ3n) is 3.91. The van der Waals surface area contributed by atoms with E-state index in [1.165, 1.54) is 0 Å². The van der Waals surface area contributed by atoms with Crippen LogP contribution in [0.3, 0.4) is 0 Å². The molecule has 0 heterocycles. The Morgan fingerprint density at radius 1 is 1.37 bits per heavy atom. The maximum absolute atomic E-state index is 13.7. The minimum Gasteiger partial charge on any atom is -0.327 e. The molecular weight excluding hydrogens is 268 g/mol. The second kappa shape index (κ2) is 6.09. The zero-order valence-electron chi connectivity index (χ0n) is 10.9. The van der Waals surface area contributed by atoms with Crippen LogP contribution in [0.4, 0.5) is 8.78 Å². The highest BCUT2D eigenvalue weighted by Crippen LogP contribution is 2.32. The van der Waals surface area contributed by atoms with E-state index >= 15 is 0 Å². The zero-order valence-corrected chi connectivity index (χ0v) is 11.8. The van der Waals surface area contributed by atoms with Gasteiger partial charge in [0, 0.05) is 6.04 Å². The largest absolute Gasteiger partial charge is 0.327 e. The van der Waals surface area contributed by atoms with Crippen LogP contribution in [0, 0.1) is 17.6 Å². The van der Waals surface area contributed by atoms with Crippen molar-refractivity contribution in [1.82, 2.24) is 0 Å². The maximum atomic E-state index is 13.7. The van der Waals surface area contributed by atoms with Gasteiger partial charge >= 0.3 is 0 Å². The molecule has 2 rings (SSSR count). The van der Waals surface area contributed by atoms with Gasteiger partial charge in [0.2, 0.25) is 0 Å². The summed E-state index contributed by atoms with van der Waals surface area (Å²) in [6.45, 7) is 2.09. The number of nitrogens with two attached hydrogens (primary N) is 1. The minimum absolute atomic E-state index is 0.0581. The van der Waals surface area contributed by atoms with Gasteiger partial charge in [0.15, 0.2) is 0 Å². The number of hydrogen-bond donors (Lipinski definition) is 1. The summed E-state index contributed by atoms with van der Waals surface area (Å²) in [5, 5.41) is -0.282. The summed E-state index contributed by atoms with van der Waals surface area (Å²) in [5.41, 5.74) is 6.01. The van der Waals surface area contributed by atoms with Gasteiger partial charge in [-0.05, 0) is 43.4 Å². The SMILES string of the molecule is CCC1CCC(N)C(S(=O)c2cc(F)ccc2F)C1. The van der Waals surface area contributed by atoms with E-state index in [1.54, 1.807) is 0 Å². The van der Waals surface area contributed by atoms with Gasteiger partial charge in [-0.3, -0.25) is 4.21 Å². The van der Waals surface area contributed by atoms with E-state index in [1.807, 2.05) is 0 Å². The van der Waals surface area contributed by atoms with Crippen molar-refractivity contribution in [2.24, 2.45) is 11.7 Å². The molecule has 1 aliphatic carbocycles. The van der Waals surface area contributed by atoms with Crippen molar-refractivity contribution >= 4 is 10.8 Å². The lowest BCUT2D eigenvalue weighted by atomic mass is 9.84. The normalized spacial score (nSPS) is 29.2. The fraction of sp³-hybridized carbons (Fsp3) is 0.571. The monoisotopic (exact) mass is 287 g/mol. The van der Waals surface area contributed by atoms with Gasteiger partial charge in [0.25, 0.3) is 0 Å². The topological polar surface area (TPSA) is 43.1 Å². The average molecular weight is 287 g/mol. The van der Waals surface area contributed by atoms with Crippen molar-refractivity contribution in [3.05, 3.63) is 29.8 Å². The molecule has 0 radical (unpaired) electrons. The van der Waals surface area contributed by atoms with Gasteiger partial charge in [-0.25, -0.2) is 8.78 Å². The number of benzene rings is 1. The molecule has 1 fully saturated rings. The minimum atomic E-state index is -1.58. The first-order valence-electron chi connectivity index (χ1n) is 6.64. The molecule has 0 amide bonds. The first-order chi connectivity index (χ1) is 9.02. The highest BCUT2D eigenvalue weighted by Gasteiger charge is 2.33. The highest BCUT2D eigenvalue weighted by molar-refractivity contribution is 7.85. The van der Waals surface area contributed by atoms with Crippen molar-refractivity contribution in [2.75, 3.05) is 0 Å². The Labute approximate surface area is 114 Å². The molecule has 4 unspecified atom stereocenters. The molecule has 1 aliphatic rings. The molecule has 0 saturated heterocycles. The Kier molecular flexibility index (Phi) is 4.68. The summed E-state index contributed by atoms with van der Waals surface area (Å²) in [4.78, 5) is -0.0581. The van der Waals surface area contributed by atoms with Gasteiger partial charge in [-0.15, -0.1) is 0 Å². The first kappa shape index (κ1) is 14.6. The van der Waals surface area contributed by atoms with Crippen LogP contribution < -0.4 is 5.73 Å². The lowest BCUT2D eigenvalue weighted by Gasteiger charge is -2.33. The highest BCUT2D eigenvalue weighted by atomic mass is 32.2. The number of halogens is 2. The van der Waals surface area contributed by atoms with Crippen LogP contribution in [0.15, 0.2) is 23.1 Å². The van der Waals surface area contributed by atoms with E-state index in [2.05, 4.69) is 6.92 Å². The Morgan fingerprint density at radius 2 is 2.11 bits per heavy atom. The second-order valence-electron chi connectivity index (χ2n) is 5.16. The quantitative estimate of drug-likeness (QED) is 0.928. The van der Waals surface area contributed by atoms with Gasteiger partial charge in [0.05, 0.1) is 20.9 Å². The standard InChI is InChI=1S/C14H19F2NOS/c1-2-9-3-6-12(17)14(7-9)19(18)13-8-10(15)4-5-11(13)16/h4-5,8-9,12,14H,2-3,6-7,17H2,1H3. The molecule has 1 saturated carbocycles. The van der Waals surface area contributed by atoms with E-state index < -0.39 is 22.4 Å². The molecule has 0 aliphatic heterocycles. The van der Waals surface area contributed by atoms with Crippen LogP contribution in [0.5, 0.6) is 0 Å². The van der Waals surface area contributed by atoms with Gasteiger partial charge in [-0.2, -0.15) is 0 Å². The third kappa shape index (κ3) is 3.20. The van der Waals surface area contributed by atoms with Crippen LogP contribution >= 0.6 is 0 Å². The molecule has 1 aromatic carbocycles. The molecule has 5 heteroatoms. The van der Waals surface area contributed by atoms with E-state index in [0.29, 0.717) is 5.92 Å². The fourth-order valence-corrected chi connectivity index (χ4v) is 4.36. The molecule has 0 bridgehead atoms. The average Bonchev–Trinajstić information content (AvgIpc) is 2.41. The first-order valence-corrected chi connectivity index (χ1v) is 7.85. The molecule has 106 valence electrons. The smallest absolute Gasteiger partial charge is 0.139 e. The van der Waals surface area contributed by atoms with Crippen molar-refractivity contribution in [3.63, 3.8) is 0 Å². The van der Waals surface area contributed by atoms with Crippen molar-refractivity contribution < 1.29 is 13.0 Å². The van der Waals surface area contributed by atoms with Crippen molar-refractivity contribution in [2.45, 2.75) is 48.8 Å². The van der Waals surface area contributed by atoms with Crippen LogP contribution in [0.1, 0.15) is 32.6 Å². The van der Waals surface area contributed by atoms with Crippen molar-refractivity contribution in [3.8, 4) is 0 Å². The van der Waals surface area contributed by atoms with E-state index in [0.717, 1.165) is 43.9 Å². The summed E-state index contributed by atoms with van der Waals surface area (Å²) in [6, 6.07) is 2.87. The molecular formula is C14H19F2NOS. The molecule has 2 N–H and O–H groups in total. The van der Waals surface area contributed by atoms with Crippen molar-refractivity contribution in [1.29, 1.82) is 0 Å². The molecule has 1 aromatic rings. The molecule has 2 nitrogen and oxygen atoms in total. The summed E-state index contributed by atoms with van der Waals surface area (Å²) in [6.07, 6.45) is 3.55. The summed E-state index contributed by atoms with van der Waals surface area (Å²) < 4.78 is 39.3. The predicted octanol–water partition coefficient (Wildman–Crippen LogP) is 2.98. The lowest BCUT2D eigenvalue weighted by Crippen LogP contribution is -2.43. The fourth-order valence-electron chi connectivity index (χ4n) is 2.65. The van der Waals surface area contributed by atoms with Crippen LogP contribution in [0.2, 0.25) is 0 Å². The third-order valence-corrected chi connectivity index (χ3v) is 5.75. The Balaban J connectivity index is 2.24. The Hall–Kier alpha value is -0.810. The zero-order chi connectivity index (χ0) is 14.0. The summed E-state index contributed by atoms with van der Waals surface area (Å²) >= 11 is 0. The second-order valence-corrected chi connectivity index (χ2v) is 6.80. The predicted molar refractivity (Wildman–Crippen MR) is 72.2 cm³/mol. The van der Waals surface area contributed by atoms with Gasteiger partial charge in [0.1, 0.15) is 11.6 Å². The molecule has 19 heavy (non-hydrogen) atoms. The number of rotatable bonds is 3. The summed E-state index contributed by atoms with van der Waals surface area (Å²) in [5.74, 6) is -0.711. The lowest BCUT2D eigenvalue weighted by molar-refractivity contribution is 0.323. The summed E-state index contributed by atoms with van der Waals surface area (Å²) in [7, 11) is -1.58. The maximum Gasteiger partial charge on any atom is 0.139 e. The molecule has 4 atom stereocenters. The Bertz CT molecular complexity index is 481. The van der Waals surface area contributed by atoms with Crippen LogP contribution in [0.25, 0.3) is 0 Å².